The quantitative estimate of drug-likeness (QED) is 0.704. The van der Waals surface area contributed by atoms with Crippen LogP contribution in [0.15, 0.2) is 12.5 Å². The monoisotopic (exact) mass is 197 g/mol. The minimum absolute atomic E-state index is 0.228. The zero-order chi connectivity index (χ0) is 10.4. The lowest BCUT2D eigenvalue weighted by Gasteiger charge is -2.10. The number of aryl methyl sites for hydroxylation is 1. The molecule has 80 valence electrons. The van der Waals surface area contributed by atoms with Gasteiger partial charge < -0.3 is 15.0 Å². The number of nitrogens with zero attached hydrogens (tertiary/aromatic N) is 2. The molecule has 4 heteroatoms. The summed E-state index contributed by atoms with van der Waals surface area (Å²) in [5.41, 5.74) is 1.13. The maximum Gasteiger partial charge on any atom is 0.0945 e. The van der Waals surface area contributed by atoms with Crippen LogP contribution >= 0.6 is 0 Å². The van der Waals surface area contributed by atoms with Gasteiger partial charge in [0.05, 0.1) is 18.1 Å². The molecular formula is C10H19N3O. The molecule has 0 saturated heterocycles. The molecule has 0 bridgehead atoms. The molecular weight excluding hydrogens is 178 g/mol. The van der Waals surface area contributed by atoms with E-state index in [1.165, 1.54) is 0 Å². The average molecular weight is 197 g/mol. The number of hydrogen-bond acceptors (Lipinski definition) is 3. The van der Waals surface area contributed by atoms with Crippen LogP contribution in [-0.4, -0.2) is 27.3 Å². The van der Waals surface area contributed by atoms with E-state index in [-0.39, 0.29) is 6.10 Å². The van der Waals surface area contributed by atoms with Crippen molar-refractivity contribution < 1.29 is 5.11 Å². The van der Waals surface area contributed by atoms with Crippen molar-refractivity contribution in [3.05, 3.63) is 18.2 Å². The summed E-state index contributed by atoms with van der Waals surface area (Å²) in [4.78, 5) is 4.02. The molecule has 1 atom stereocenters. The van der Waals surface area contributed by atoms with Crippen LogP contribution in [0.1, 0.15) is 25.5 Å². The molecule has 2 N–H and O–H groups in total. The molecule has 0 spiro atoms. The van der Waals surface area contributed by atoms with Crippen molar-refractivity contribution >= 4 is 0 Å². The van der Waals surface area contributed by atoms with Crippen molar-refractivity contribution in [3.63, 3.8) is 0 Å². The molecule has 0 amide bonds. The zero-order valence-corrected chi connectivity index (χ0v) is 8.90. The minimum Gasteiger partial charge on any atom is -0.392 e. The van der Waals surface area contributed by atoms with Gasteiger partial charge in [0, 0.05) is 26.3 Å². The third kappa shape index (κ3) is 3.47. The van der Waals surface area contributed by atoms with E-state index < -0.39 is 0 Å². The SMILES string of the molecule is CCCC(O)CNCc1cncn1C. The summed E-state index contributed by atoms with van der Waals surface area (Å²) in [6.07, 6.45) is 5.26. The summed E-state index contributed by atoms with van der Waals surface area (Å²) >= 11 is 0. The van der Waals surface area contributed by atoms with Gasteiger partial charge >= 0.3 is 0 Å². The van der Waals surface area contributed by atoms with E-state index in [1.807, 2.05) is 17.8 Å². The number of aliphatic hydroxyl groups excluding tert-OH is 1. The number of hydrogen-bond donors (Lipinski definition) is 2. The Kier molecular flexibility index (Phi) is 4.62. The van der Waals surface area contributed by atoms with Gasteiger partial charge in [0.2, 0.25) is 0 Å². The Bertz CT molecular complexity index is 260. The Morgan fingerprint density at radius 2 is 2.43 bits per heavy atom. The summed E-state index contributed by atoms with van der Waals surface area (Å²) in [6, 6.07) is 0. The third-order valence-corrected chi connectivity index (χ3v) is 2.22. The Balaban J connectivity index is 2.19. The molecule has 1 aromatic heterocycles. The molecule has 0 aliphatic rings. The molecule has 1 unspecified atom stereocenters. The predicted molar refractivity (Wildman–Crippen MR) is 55.8 cm³/mol. The van der Waals surface area contributed by atoms with Gasteiger partial charge in [-0.1, -0.05) is 13.3 Å². The first kappa shape index (κ1) is 11.2. The maximum absolute atomic E-state index is 9.46. The molecule has 0 fully saturated rings. The molecule has 4 nitrogen and oxygen atoms in total. The standard InChI is InChI=1S/C10H19N3O/c1-3-4-10(14)7-11-5-9-6-12-8-13(9)2/h6,8,10-11,14H,3-5,7H2,1-2H3. The first-order valence-electron chi connectivity index (χ1n) is 5.08. The van der Waals surface area contributed by atoms with E-state index >= 15 is 0 Å². The second-order valence-electron chi connectivity index (χ2n) is 3.57. The summed E-state index contributed by atoms with van der Waals surface area (Å²) < 4.78 is 1.97. The van der Waals surface area contributed by atoms with E-state index in [9.17, 15) is 5.11 Å². The number of rotatable bonds is 6. The van der Waals surface area contributed by atoms with Gasteiger partial charge in [-0.05, 0) is 6.42 Å². The van der Waals surface area contributed by atoms with Gasteiger partial charge in [-0.2, -0.15) is 0 Å². The van der Waals surface area contributed by atoms with Crippen LogP contribution in [0.2, 0.25) is 0 Å². The summed E-state index contributed by atoms with van der Waals surface area (Å²) in [5, 5.41) is 12.7. The van der Waals surface area contributed by atoms with Gasteiger partial charge in [-0.15, -0.1) is 0 Å². The second kappa shape index (κ2) is 5.78. The molecule has 0 aliphatic heterocycles. The average Bonchev–Trinajstić information content (AvgIpc) is 2.52. The molecule has 0 radical (unpaired) electrons. The van der Waals surface area contributed by atoms with E-state index in [2.05, 4.69) is 17.2 Å². The number of imidazole rings is 1. The Morgan fingerprint density at radius 3 is 3.00 bits per heavy atom. The second-order valence-corrected chi connectivity index (χ2v) is 3.57. The van der Waals surface area contributed by atoms with Crippen LogP contribution in [0.3, 0.4) is 0 Å². The summed E-state index contributed by atoms with van der Waals surface area (Å²) in [7, 11) is 1.96. The van der Waals surface area contributed by atoms with Crippen LogP contribution < -0.4 is 5.32 Å². The van der Waals surface area contributed by atoms with E-state index in [1.54, 1.807) is 6.33 Å². The van der Waals surface area contributed by atoms with Crippen molar-refractivity contribution in [2.24, 2.45) is 7.05 Å². The van der Waals surface area contributed by atoms with Crippen molar-refractivity contribution in [2.75, 3.05) is 6.54 Å². The van der Waals surface area contributed by atoms with E-state index in [0.29, 0.717) is 6.54 Å². The fourth-order valence-corrected chi connectivity index (χ4v) is 1.36. The Morgan fingerprint density at radius 1 is 1.64 bits per heavy atom. The molecule has 1 aromatic rings. The van der Waals surface area contributed by atoms with Crippen molar-refractivity contribution in [3.8, 4) is 0 Å². The lowest BCUT2D eigenvalue weighted by atomic mass is 10.2. The van der Waals surface area contributed by atoms with Gasteiger partial charge in [0.25, 0.3) is 0 Å². The normalized spacial score (nSPS) is 13.1. The van der Waals surface area contributed by atoms with Gasteiger partial charge in [0.1, 0.15) is 0 Å². The summed E-state index contributed by atoms with van der Waals surface area (Å²) in [5.74, 6) is 0. The molecule has 1 heterocycles. The molecule has 14 heavy (non-hydrogen) atoms. The van der Waals surface area contributed by atoms with Gasteiger partial charge in [-0.3, -0.25) is 0 Å². The first-order chi connectivity index (χ1) is 6.74. The number of aliphatic hydroxyl groups is 1. The van der Waals surface area contributed by atoms with Crippen LogP contribution in [0.25, 0.3) is 0 Å². The Hall–Kier alpha value is -0.870. The number of nitrogens with one attached hydrogen (secondary N) is 1. The maximum atomic E-state index is 9.46. The van der Waals surface area contributed by atoms with Crippen LogP contribution in [0.4, 0.5) is 0 Å². The van der Waals surface area contributed by atoms with Crippen LogP contribution in [-0.2, 0) is 13.6 Å². The smallest absolute Gasteiger partial charge is 0.0945 e. The van der Waals surface area contributed by atoms with E-state index in [4.69, 9.17) is 0 Å². The molecule has 1 rings (SSSR count). The fourth-order valence-electron chi connectivity index (χ4n) is 1.36. The highest BCUT2D eigenvalue weighted by Crippen LogP contribution is 1.97. The third-order valence-electron chi connectivity index (χ3n) is 2.22. The van der Waals surface area contributed by atoms with Gasteiger partial charge in [0.15, 0.2) is 0 Å². The predicted octanol–water partition coefficient (Wildman–Crippen LogP) is 0.671. The molecule has 0 saturated carbocycles. The minimum atomic E-state index is -0.228. The zero-order valence-electron chi connectivity index (χ0n) is 8.90. The molecule has 0 aliphatic carbocycles. The van der Waals surface area contributed by atoms with Crippen molar-refractivity contribution in [1.82, 2.24) is 14.9 Å². The van der Waals surface area contributed by atoms with Gasteiger partial charge in [-0.25, -0.2) is 4.98 Å². The Labute approximate surface area is 85.0 Å². The molecule has 0 aromatic carbocycles. The lowest BCUT2D eigenvalue weighted by Crippen LogP contribution is -2.26. The number of aromatic nitrogens is 2. The van der Waals surface area contributed by atoms with Crippen LogP contribution in [0.5, 0.6) is 0 Å². The largest absolute Gasteiger partial charge is 0.392 e. The highest BCUT2D eigenvalue weighted by atomic mass is 16.3. The topological polar surface area (TPSA) is 50.1 Å². The summed E-state index contributed by atoms with van der Waals surface area (Å²) in [6.45, 7) is 3.49. The fraction of sp³-hybridized carbons (Fsp3) is 0.700. The lowest BCUT2D eigenvalue weighted by molar-refractivity contribution is 0.160. The highest BCUT2D eigenvalue weighted by molar-refractivity contribution is 4.96. The highest BCUT2D eigenvalue weighted by Gasteiger charge is 2.02. The van der Waals surface area contributed by atoms with Crippen molar-refractivity contribution in [2.45, 2.75) is 32.4 Å². The van der Waals surface area contributed by atoms with Crippen molar-refractivity contribution in [1.29, 1.82) is 0 Å². The van der Waals surface area contributed by atoms with E-state index in [0.717, 1.165) is 25.1 Å². The van der Waals surface area contributed by atoms with Crippen LogP contribution in [0, 0.1) is 0 Å². The first-order valence-corrected chi connectivity index (χ1v) is 5.08.